The molecule has 82 valence electrons. The lowest BCUT2D eigenvalue weighted by atomic mass is 10.3. The van der Waals surface area contributed by atoms with Crippen LogP contribution in [0.25, 0.3) is 0 Å². The highest BCUT2D eigenvalue weighted by molar-refractivity contribution is 9.10. The zero-order valence-electron chi connectivity index (χ0n) is 8.20. The van der Waals surface area contributed by atoms with Gasteiger partial charge in [-0.1, -0.05) is 22.0 Å². The molecular weight excluding hydrogens is 272 g/mol. The quantitative estimate of drug-likeness (QED) is 0.784. The summed E-state index contributed by atoms with van der Waals surface area (Å²) in [5.74, 6) is 0.349. The molecule has 0 aliphatic carbocycles. The van der Waals surface area contributed by atoms with E-state index in [4.69, 9.17) is 5.73 Å². The van der Waals surface area contributed by atoms with Crippen LogP contribution >= 0.6 is 15.9 Å². The van der Waals surface area contributed by atoms with Crippen molar-refractivity contribution < 1.29 is 0 Å². The average Bonchev–Trinajstić information content (AvgIpc) is 2.25. The molecule has 4 N–H and O–H groups in total. The van der Waals surface area contributed by atoms with Crippen LogP contribution in [0.3, 0.4) is 0 Å². The van der Waals surface area contributed by atoms with Gasteiger partial charge in [0, 0.05) is 10.2 Å². The lowest BCUT2D eigenvalue weighted by Gasteiger charge is -2.07. The molecule has 6 heteroatoms. The minimum atomic E-state index is -0.354. The maximum atomic E-state index is 11.2. The average molecular weight is 281 g/mol. The van der Waals surface area contributed by atoms with Crippen LogP contribution in [-0.2, 0) is 0 Å². The van der Waals surface area contributed by atoms with Gasteiger partial charge in [0.25, 0.3) is 5.56 Å². The second-order valence-electron chi connectivity index (χ2n) is 3.13. The highest BCUT2D eigenvalue weighted by atomic mass is 79.9. The molecule has 0 bridgehead atoms. The lowest BCUT2D eigenvalue weighted by Crippen LogP contribution is -2.14. The van der Waals surface area contributed by atoms with Crippen molar-refractivity contribution in [3.05, 3.63) is 45.4 Å². The predicted octanol–water partition coefficient (Wildman–Crippen LogP) is 1.86. The van der Waals surface area contributed by atoms with Gasteiger partial charge in [0.2, 0.25) is 0 Å². The molecule has 0 radical (unpaired) electrons. The number of halogens is 1. The van der Waals surface area contributed by atoms with Gasteiger partial charge in [0.1, 0.15) is 5.69 Å². The van der Waals surface area contributed by atoms with Crippen LogP contribution in [0.4, 0.5) is 17.2 Å². The number of nitrogen functional groups attached to an aromatic ring is 1. The van der Waals surface area contributed by atoms with E-state index < -0.39 is 0 Å². The van der Waals surface area contributed by atoms with Crippen LogP contribution in [0.5, 0.6) is 0 Å². The van der Waals surface area contributed by atoms with Gasteiger partial charge in [0.05, 0.1) is 6.33 Å². The normalized spacial score (nSPS) is 10.1. The summed E-state index contributed by atoms with van der Waals surface area (Å²) in [6, 6.07) is 7.49. The maximum absolute atomic E-state index is 11.2. The van der Waals surface area contributed by atoms with Gasteiger partial charge in [0.15, 0.2) is 5.82 Å². The monoisotopic (exact) mass is 280 g/mol. The van der Waals surface area contributed by atoms with Crippen LogP contribution in [0, 0.1) is 0 Å². The second-order valence-corrected chi connectivity index (χ2v) is 4.04. The molecule has 0 aliphatic rings. The third kappa shape index (κ3) is 2.22. The number of H-pyrrole nitrogens is 1. The molecule has 2 aromatic rings. The van der Waals surface area contributed by atoms with E-state index in [0.29, 0.717) is 5.82 Å². The van der Waals surface area contributed by atoms with E-state index in [1.807, 2.05) is 24.3 Å². The van der Waals surface area contributed by atoms with Crippen molar-refractivity contribution in [2.75, 3.05) is 11.1 Å². The molecule has 0 aliphatic heterocycles. The molecular formula is C10H9BrN4O. The molecule has 0 atom stereocenters. The van der Waals surface area contributed by atoms with E-state index >= 15 is 0 Å². The van der Waals surface area contributed by atoms with Gasteiger partial charge in [-0.3, -0.25) is 4.79 Å². The molecule has 1 aromatic heterocycles. The lowest BCUT2D eigenvalue weighted by molar-refractivity contribution is 1.13. The number of nitrogens with zero attached hydrogens (tertiary/aromatic N) is 1. The zero-order valence-corrected chi connectivity index (χ0v) is 9.78. The van der Waals surface area contributed by atoms with E-state index in [0.717, 1.165) is 10.2 Å². The van der Waals surface area contributed by atoms with Crippen molar-refractivity contribution in [3.8, 4) is 0 Å². The number of aromatic amines is 1. The summed E-state index contributed by atoms with van der Waals surface area (Å²) in [6.07, 6.45) is 1.30. The molecule has 5 nitrogen and oxygen atoms in total. The summed E-state index contributed by atoms with van der Waals surface area (Å²) in [5.41, 5.74) is 6.11. The number of nitrogens with two attached hydrogens (primary N) is 1. The van der Waals surface area contributed by atoms with E-state index in [1.54, 1.807) is 0 Å². The molecule has 0 fully saturated rings. The zero-order chi connectivity index (χ0) is 11.5. The summed E-state index contributed by atoms with van der Waals surface area (Å²) in [7, 11) is 0. The Morgan fingerprint density at radius 2 is 2.25 bits per heavy atom. The van der Waals surface area contributed by atoms with Gasteiger partial charge in [-0.2, -0.15) is 0 Å². The molecule has 0 amide bonds. The fourth-order valence-electron chi connectivity index (χ4n) is 1.21. The van der Waals surface area contributed by atoms with Gasteiger partial charge in [-0.25, -0.2) is 4.98 Å². The Labute approximate surface area is 99.8 Å². The summed E-state index contributed by atoms with van der Waals surface area (Å²) in [6.45, 7) is 0. The minimum absolute atomic E-state index is 0.0717. The standard InChI is InChI=1S/C10H9BrN4O/c11-6-2-1-3-7(4-6)15-9-8(12)10(16)14-5-13-9/h1-5H,12H2,(H2,13,14,15,16). The number of hydrogen-bond donors (Lipinski definition) is 3. The summed E-state index contributed by atoms with van der Waals surface area (Å²) in [5, 5.41) is 2.97. The number of anilines is 3. The number of rotatable bonds is 2. The third-order valence-electron chi connectivity index (χ3n) is 1.98. The minimum Gasteiger partial charge on any atom is -0.391 e. The number of nitrogens with one attached hydrogen (secondary N) is 2. The number of benzene rings is 1. The van der Waals surface area contributed by atoms with Gasteiger partial charge >= 0.3 is 0 Å². The van der Waals surface area contributed by atoms with Crippen LogP contribution in [0.2, 0.25) is 0 Å². The Kier molecular flexibility index (Phi) is 2.91. The van der Waals surface area contributed by atoms with Crippen molar-refractivity contribution in [1.82, 2.24) is 9.97 Å². The fraction of sp³-hybridized carbons (Fsp3) is 0. The SMILES string of the molecule is Nc1c(Nc2cccc(Br)c2)nc[nH]c1=O. The predicted molar refractivity (Wildman–Crippen MR) is 66.7 cm³/mol. The first-order chi connectivity index (χ1) is 7.66. The topological polar surface area (TPSA) is 83.8 Å². The molecule has 1 aromatic carbocycles. The van der Waals surface area contributed by atoms with Crippen molar-refractivity contribution in [2.24, 2.45) is 0 Å². The first-order valence-electron chi connectivity index (χ1n) is 4.52. The van der Waals surface area contributed by atoms with Crippen molar-refractivity contribution in [3.63, 3.8) is 0 Å². The molecule has 1 heterocycles. The molecule has 0 saturated carbocycles. The fourth-order valence-corrected chi connectivity index (χ4v) is 1.61. The van der Waals surface area contributed by atoms with Crippen molar-refractivity contribution in [2.45, 2.75) is 0 Å². The number of aromatic nitrogens is 2. The highest BCUT2D eigenvalue weighted by Crippen LogP contribution is 2.20. The summed E-state index contributed by atoms with van der Waals surface area (Å²) < 4.78 is 0.931. The van der Waals surface area contributed by atoms with Gasteiger partial charge in [-0.05, 0) is 18.2 Å². The van der Waals surface area contributed by atoms with Crippen molar-refractivity contribution in [1.29, 1.82) is 0 Å². The molecule has 0 saturated heterocycles. The second kappa shape index (κ2) is 4.36. The van der Waals surface area contributed by atoms with Crippen molar-refractivity contribution >= 4 is 33.1 Å². The van der Waals surface area contributed by atoms with E-state index in [-0.39, 0.29) is 11.2 Å². The first kappa shape index (κ1) is 10.7. The van der Waals surface area contributed by atoms with Gasteiger partial charge < -0.3 is 16.0 Å². The number of hydrogen-bond acceptors (Lipinski definition) is 4. The van der Waals surface area contributed by atoms with Gasteiger partial charge in [-0.15, -0.1) is 0 Å². The Bertz CT molecular complexity index is 567. The molecule has 2 rings (SSSR count). The van der Waals surface area contributed by atoms with E-state index in [9.17, 15) is 4.79 Å². The Morgan fingerprint density at radius 3 is 3.00 bits per heavy atom. The summed E-state index contributed by atoms with van der Waals surface area (Å²) in [4.78, 5) is 17.6. The first-order valence-corrected chi connectivity index (χ1v) is 5.32. The molecule has 0 unspecified atom stereocenters. The van der Waals surface area contributed by atoms with Crippen LogP contribution in [0.15, 0.2) is 39.9 Å². The Hall–Kier alpha value is -1.82. The van der Waals surface area contributed by atoms with Crippen LogP contribution in [0.1, 0.15) is 0 Å². The van der Waals surface area contributed by atoms with E-state index in [1.165, 1.54) is 6.33 Å². The molecule has 0 spiro atoms. The Morgan fingerprint density at radius 1 is 1.44 bits per heavy atom. The molecule has 16 heavy (non-hydrogen) atoms. The Balaban J connectivity index is 2.34. The highest BCUT2D eigenvalue weighted by Gasteiger charge is 2.04. The summed E-state index contributed by atoms with van der Waals surface area (Å²) >= 11 is 3.35. The largest absolute Gasteiger partial charge is 0.391 e. The van der Waals surface area contributed by atoms with Crippen LogP contribution < -0.4 is 16.6 Å². The van der Waals surface area contributed by atoms with E-state index in [2.05, 4.69) is 31.2 Å². The smallest absolute Gasteiger partial charge is 0.276 e. The maximum Gasteiger partial charge on any atom is 0.276 e. The van der Waals surface area contributed by atoms with Crippen LogP contribution in [-0.4, -0.2) is 9.97 Å². The third-order valence-corrected chi connectivity index (χ3v) is 2.47.